The Labute approximate surface area is 115 Å². The molecule has 0 saturated heterocycles. The van der Waals surface area contributed by atoms with E-state index in [1.165, 1.54) is 16.7 Å². The Morgan fingerprint density at radius 1 is 0.947 bits per heavy atom. The van der Waals surface area contributed by atoms with Gasteiger partial charge in [-0.3, -0.25) is 0 Å². The standard InChI is InChI=1S/C18H22O/c1-4-15-11-13(3)18(19)17(16(15)5-2)12-14-9-7-6-8-10-14/h6-11,19H,4-5,12H2,1-3H3. The van der Waals surface area contributed by atoms with Gasteiger partial charge in [0, 0.05) is 12.0 Å². The van der Waals surface area contributed by atoms with E-state index in [0.29, 0.717) is 5.75 Å². The molecular formula is C18H22O. The smallest absolute Gasteiger partial charge is 0.122 e. The van der Waals surface area contributed by atoms with Crippen molar-refractivity contribution in [2.75, 3.05) is 0 Å². The minimum absolute atomic E-state index is 0.470. The van der Waals surface area contributed by atoms with E-state index in [9.17, 15) is 5.11 Å². The Kier molecular flexibility index (Phi) is 4.26. The van der Waals surface area contributed by atoms with E-state index in [2.05, 4.69) is 44.2 Å². The van der Waals surface area contributed by atoms with Crippen molar-refractivity contribution < 1.29 is 5.11 Å². The summed E-state index contributed by atoms with van der Waals surface area (Å²) in [6.07, 6.45) is 2.80. The van der Waals surface area contributed by atoms with Gasteiger partial charge in [0.2, 0.25) is 0 Å². The summed E-state index contributed by atoms with van der Waals surface area (Å²) in [7, 11) is 0. The third-order valence-corrected chi connectivity index (χ3v) is 3.76. The summed E-state index contributed by atoms with van der Waals surface area (Å²) in [4.78, 5) is 0. The molecule has 0 spiro atoms. The molecule has 2 rings (SSSR count). The van der Waals surface area contributed by atoms with Gasteiger partial charge >= 0.3 is 0 Å². The fraction of sp³-hybridized carbons (Fsp3) is 0.333. The summed E-state index contributed by atoms with van der Waals surface area (Å²) in [5.74, 6) is 0.470. The predicted molar refractivity (Wildman–Crippen MR) is 80.8 cm³/mol. The van der Waals surface area contributed by atoms with E-state index in [1.807, 2.05) is 13.0 Å². The minimum atomic E-state index is 0.470. The lowest BCUT2D eigenvalue weighted by Gasteiger charge is -2.17. The first-order valence-corrected chi connectivity index (χ1v) is 7.04. The highest BCUT2D eigenvalue weighted by Crippen LogP contribution is 2.31. The molecule has 0 fully saturated rings. The zero-order valence-electron chi connectivity index (χ0n) is 12.0. The number of phenols is 1. The molecule has 0 bridgehead atoms. The Balaban J connectivity index is 2.51. The first kappa shape index (κ1) is 13.7. The lowest BCUT2D eigenvalue weighted by Crippen LogP contribution is -2.02. The lowest BCUT2D eigenvalue weighted by atomic mass is 9.90. The highest BCUT2D eigenvalue weighted by atomic mass is 16.3. The number of aryl methyl sites for hydroxylation is 2. The summed E-state index contributed by atoms with van der Waals surface area (Å²) in [5, 5.41) is 10.4. The summed E-state index contributed by atoms with van der Waals surface area (Å²) < 4.78 is 0. The maximum absolute atomic E-state index is 10.4. The number of rotatable bonds is 4. The van der Waals surface area contributed by atoms with Crippen LogP contribution < -0.4 is 0 Å². The normalized spacial score (nSPS) is 10.7. The van der Waals surface area contributed by atoms with Crippen LogP contribution in [0.3, 0.4) is 0 Å². The summed E-state index contributed by atoms with van der Waals surface area (Å²) in [6.45, 7) is 6.33. The lowest BCUT2D eigenvalue weighted by molar-refractivity contribution is 0.463. The zero-order chi connectivity index (χ0) is 13.8. The van der Waals surface area contributed by atoms with Gasteiger partial charge < -0.3 is 5.11 Å². The summed E-state index contributed by atoms with van der Waals surface area (Å²) in [6, 6.07) is 12.5. The SMILES string of the molecule is CCc1cc(C)c(O)c(Cc2ccccc2)c1CC. The molecule has 2 aromatic rings. The van der Waals surface area contributed by atoms with Crippen molar-refractivity contribution in [3.8, 4) is 5.75 Å². The van der Waals surface area contributed by atoms with Crippen molar-refractivity contribution in [2.24, 2.45) is 0 Å². The first-order chi connectivity index (χ1) is 9.17. The van der Waals surface area contributed by atoms with E-state index in [-0.39, 0.29) is 0 Å². The van der Waals surface area contributed by atoms with Crippen LogP contribution in [0, 0.1) is 6.92 Å². The number of hydrogen-bond acceptors (Lipinski definition) is 1. The molecule has 0 amide bonds. The Morgan fingerprint density at radius 2 is 1.63 bits per heavy atom. The average Bonchev–Trinajstić information content (AvgIpc) is 2.44. The molecule has 0 aliphatic heterocycles. The van der Waals surface area contributed by atoms with Gasteiger partial charge in [0.25, 0.3) is 0 Å². The molecule has 0 aliphatic carbocycles. The van der Waals surface area contributed by atoms with Gasteiger partial charge in [-0.15, -0.1) is 0 Å². The van der Waals surface area contributed by atoms with Crippen LogP contribution in [-0.2, 0) is 19.3 Å². The van der Waals surface area contributed by atoms with Crippen LogP contribution in [0.4, 0.5) is 0 Å². The van der Waals surface area contributed by atoms with Crippen LogP contribution in [-0.4, -0.2) is 5.11 Å². The predicted octanol–water partition coefficient (Wildman–Crippen LogP) is 4.42. The van der Waals surface area contributed by atoms with Crippen molar-refractivity contribution in [1.29, 1.82) is 0 Å². The summed E-state index contributed by atoms with van der Waals surface area (Å²) >= 11 is 0. The monoisotopic (exact) mass is 254 g/mol. The Bertz CT molecular complexity index is 556. The molecule has 0 aromatic heterocycles. The Hall–Kier alpha value is -1.76. The molecule has 1 nitrogen and oxygen atoms in total. The second-order valence-corrected chi connectivity index (χ2v) is 5.03. The van der Waals surface area contributed by atoms with Gasteiger partial charge in [-0.25, -0.2) is 0 Å². The maximum atomic E-state index is 10.4. The van der Waals surface area contributed by atoms with E-state index in [0.717, 1.165) is 30.4 Å². The number of phenolic OH excluding ortho intramolecular Hbond substituents is 1. The molecule has 0 unspecified atom stereocenters. The van der Waals surface area contributed by atoms with Crippen LogP contribution >= 0.6 is 0 Å². The zero-order valence-corrected chi connectivity index (χ0v) is 12.0. The number of hydrogen-bond donors (Lipinski definition) is 1. The third-order valence-electron chi connectivity index (χ3n) is 3.76. The molecular weight excluding hydrogens is 232 g/mol. The topological polar surface area (TPSA) is 20.2 Å². The number of benzene rings is 2. The first-order valence-electron chi connectivity index (χ1n) is 7.04. The fourth-order valence-corrected chi connectivity index (χ4v) is 2.74. The third kappa shape index (κ3) is 2.81. The van der Waals surface area contributed by atoms with E-state index < -0.39 is 0 Å². The van der Waals surface area contributed by atoms with Gasteiger partial charge in [0.15, 0.2) is 0 Å². The molecule has 100 valence electrons. The maximum Gasteiger partial charge on any atom is 0.122 e. The van der Waals surface area contributed by atoms with Crippen LogP contribution in [0.25, 0.3) is 0 Å². The number of aromatic hydroxyl groups is 1. The molecule has 0 radical (unpaired) electrons. The van der Waals surface area contributed by atoms with Crippen molar-refractivity contribution in [3.05, 3.63) is 64.2 Å². The second kappa shape index (κ2) is 5.92. The van der Waals surface area contributed by atoms with E-state index >= 15 is 0 Å². The highest BCUT2D eigenvalue weighted by Gasteiger charge is 2.14. The van der Waals surface area contributed by atoms with Gasteiger partial charge in [0.05, 0.1) is 0 Å². The van der Waals surface area contributed by atoms with Crippen LogP contribution in [0.1, 0.15) is 41.7 Å². The van der Waals surface area contributed by atoms with Crippen molar-refractivity contribution >= 4 is 0 Å². The van der Waals surface area contributed by atoms with E-state index in [1.54, 1.807) is 0 Å². The molecule has 0 heterocycles. The molecule has 0 atom stereocenters. The van der Waals surface area contributed by atoms with Gasteiger partial charge in [-0.05, 0) is 42.0 Å². The largest absolute Gasteiger partial charge is 0.507 e. The molecule has 0 aliphatic rings. The van der Waals surface area contributed by atoms with Crippen molar-refractivity contribution in [2.45, 2.75) is 40.0 Å². The Morgan fingerprint density at radius 3 is 2.21 bits per heavy atom. The van der Waals surface area contributed by atoms with E-state index in [4.69, 9.17) is 0 Å². The minimum Gasteiger partial charge on any atom is -0.507 e. The van der Waals surface area contributed by atoms with Crippen molar-refractivity contribution in [3.63, 3.8) is 0 Å². The fourth-order valence-electron chi connectivity index (χ4n) is 2.74. The molecule has 2 aromatic carbocycles. The molecule has 1 N–H and O–H groups in total. The quantitative estimate of drug-likeness (QED) is 0.856. The van der Waals surface area contributed by atoms with Crippen LogP contribution in [0.15, 0.2) is 36.4 Å². The van der Waals surface area contributed by atoms with Crippen LogP contribution in [0.2, 0.25) is 0 Å². The second-order valence-electron chi connectivity index (χ2n) is 5.03. The molecule has 1 heteroatoms. The molecule has 0 saturated carbocycles. The van der Waals surface area contributed by atoms with Crippen LogP contribution in [0.5, 0.6) is 5.75 Å². The molecule has 19 heavy (non-hydrogen) atoms. The average molecular weight is 254 g/mol. The highest BCUT2D eigenvalue weighted by molar-refractivity contribution is 5.51. The van der Waals surface area contributed by atoms with Crippen molar-refractivity contribution in [1.82, 2.24) is 0 Å². The van der Waals surface area contributed by atoms with Gasteiger partial charge in [0.1, 0.15) is 5.75 Å². The summed E-state index contributed by atoms with van der Waals surface area (Å²) in [5.41, 5.74) is 6.02. The van der Waals surface area contributed by atoms with Gasteiger partial charge in [-0.1, -0.05) is 50.2 Å². The van der Waals surface area contributed by atoms with Gasteiger partial charge in [-0.2, -0.15) is 0 Å².